The molecule has 0 aromatic carbocycles. The molecule has 2 rings (SSSR count). The Kier molecular flexibility index (Phi) is 2.40. The highest BCUT2D eigenvalue weighted by Gasteiger charge is 2.29. The van der Waals surface area contributed by atoms with Crippen molar-refractivity contribution >= 4 is 15.9 Å². The molecule has 4 nitrogen and oxygen atoms in total. The molecule has 0 aliphatic carbocycles. The molecule has 13 heavy (non-hydrogen) atoms. The molecule has 0 bridgehead atoms. The predicted molar refractivity (Wildman–Crippen MR) is 50.5 cm³/mol. The quantitative estimate of drug-likeness (QED) is 0.801. The van der Waals surface area contributed by atoms with E-state index in [0.717, 1.165) is 10.2 Å². The van der Waals surface area contributed by atoms with Crippen molar-refractivity contribution in [2.45, 2.75) is 19.1 Å². The molecule has 1 aliphatic rings. The van der Waals surface area contributed by atoms with Gasteiger partial charge < -0.3 is 9.84 Å². The number of ether oxygens (including phenoxy) is 1. The van der Waals surface area contributed by atoms with E-state index in [-0.39, 0.29) is 6.04 Å². The molecule has 5 heteroatoms. The van der Waals surface area contributed by atoms with Crippen molar-refractivity contribution in [1.29, 1.82) is 0 Å². The van der Waals surface area contributed by atoms with Crippen LogP contribution in [0.25, 0.3) is 0 Å². The van der Waals surface area contributed by atoms with E-state index in [2.05, 4.69) is 21.0 Å². The van der Waals surface area contributed by atoms with Gasteiger partial charge in [0.25, 0.3) is 0 Å². The highest BCUT2D eigenvalue weighted by atomic mass is 79.9. The highest BCUT2D eigenvalue weighted by molar-refractivity contribution is 9.10. The lowest BCUT2D eigenvalue weighted by molar-refractivity contribution is 0.117. The van der Waals surface area contributed by atoms with Crippen molar-refractivity contribution in [2.75, 3.05) is 13.2 Å². The van der Waals surface area contributed by atoms with Crippen molar-refractivity contribution < 1.29 is 9.84 Å². The summed E-state index contributed by atoms with van der Waals surface area (Å²) >= 11 is 3.42. The number of rotatable bonds is 1. The minimum atomic E-state index is -0.449. The predicted octanol–water partition coefficient (Wildman–Crippen LogP) is 0.886. The standard InChI is InChI=1S/C8H11BrN2O2/c1-5-2-10-11(8(5)9)6-3-13-4-7(6)12/h2,6-7,12H,3-4H2,1H3/t6?,7-/m0/s1. The Morgan fingerprint density at radius 1 is 1.69 bits per heavy atom. The smallest absolute Gasteiger partial charge is 0.107 e. The zero-order valence-corrected chi connectivity index (χ0v) is 8.86. The van der Waals surface area contributed by atoms with Crippen molar-refractivity contribution in [3.63, 3.8) is 0 Å². The van der Waals surface area contributed by atoms with Crippen molar-refractivity contribution in [2.24, 2.45) is 0 Å². The number of nitrogens with zero attached hydrogens (tertiary/aromatic N) is 2. The molecule has 0 saturated carbocycles. The summed E-state index contributed by atoms with van der Waals surface area (Å²) in [6.07, 6.45) is 1.32. The van der Waals surface area contributed by atoms with Gasteiger partial charge >= 0.3 is 0 Å². The monoisotopic (exact) mass is 246 g/mol. The Bertz CT molecular complexity index is 313. The maximum Gasteiger partial charge on any atom is 0.107 e. The number of halogens is 1. The second kappa shape index (κ2) is 3.40. The average molecular weight is 247 g/mol. The van der Waals surface area contributed by atoms with E-state index in [0.29, 0.717) is 13.2 Å². The van der Waals surface area contributed by atoms with Crippen LogP contribution >= 0.6 is 15.9 Å². The van der Waals surface area contributed by atoms with Crippen molar-refractivity contribution in [3.05, 3.63) is 16.4 Å². The van der Waals surface area contributed by atoms with Crippen LogP contribution in [0.2, 0.25) is 0 Å². The molecule has 1 unspecified atom stereocenters. The third-order valence-corrected chi connectivity index (χ3v) is 3.23. The number of aliphatic hydroxyl groups excluding tert-OH is 1. The van der Waals surface area contributed by atoms with Gasteiger partial charge in [-0.05, 0) is 22.9 Å². The molecule has 1 saturated heterocycles. The molecule has 72 valence electrons. The van der Waals surface area contributed by atoms with Crippen LogP contribution in [-0.2, 0) is 4.74 Å². The summed E-state index contributed by atoms with van der Waals surface area (Å²) in [4.78, 5) is 0. The van der Waals surface area contributed by atoms with E-state index in [1.54, 1.807) is 10.9 Å². The van der Waals surface area contributed by atoms with Crippen molar-refractivity contribution in [1.82, 2.24) is 9.78 Å². The van der Waals surface area contributed by atoms with Gasteiger partial charge in [0.05, 0.1) is 19.4 Å². The van der Waals surface area contributed by atoms with Gasteiger partial charge in [-0.1, -0.05) is 0 Å². The van der Waals surface area contributed by atoms with E-state index < -0.39 is 6.10 Å². The Labute approximate surface area is 84.6 Å². The second-order valence-corrected chi connectivity index (χ2v) is 3.99. The second-order valence-electron chi connectivity index (χ2n) is 3.24. The lowest BCUT2D eigenvalue weighted by Crippen LogP contribution is -2.23. The lowest BCUT2D eigenvalue weighted by atomic mass is 10.2. The van der Waals surface area contributed by atoms with Gasteiger partial charge in [0.15, 0.2) is 0 Å². The van der Waals surface area contributed by atoms with Crippen LogP contribution in [0.15, 0.2) is 10.8 Å². The summed E-state index contributed by atoms with van der Waals surface area (Å²) in [5.74, 6) is 0. The number of aliphatic hydroxyl groups is 1. The minimum Gasteiger partial charge on any atom is -0.388 e. The van der Waals surface area contributed by atoms with E-state index in [1.165, 1.54) is 0 Å². The Hall–Kier alpha value is -0.390. The molecule has 2 atom stereocenters. The van der Waals surface area contributed by atoms with Crippen LogP contribution in [0.3, 0.4) is 0 Å². The summed E-state index contributed by atoms with van der Waals surface area (Å²) in [6.45, 7) is 2.90. The largest absolute Gasteiger partial charge is 0.388 e. The Morgan fingerprint density at radius 2 is 2.46 bits per heavy atom. The SMILES string of the molecule is Cc1cnn(C2COC[C@@H]2O)c1Br. The first kappa shape index (κ1) is 9.18. The fourth-order valence-corrected chi connectivity index (χ4v) is 1.89. The molecule has 0 amide bonds. The molecule has 0 spiro atoms. The third-order valence-electron chi connectivity index (χ3n) is 2.24. The van der Waals surface area contributed by atoms with Crippen LogP contribution in [-0.4, -0.2) is 34.2 Å². The summed E-state index contributed by atoms with van der Waals surface area (Å²) in [6, 6.07) is -0.0527. The van der Waals surface area contributed by atoms with E-state index in [9.17, 15) is 5.11 Å². The van der Waals surface area contributed by atoms with Crippen LogP contribution in [0.5, 0.6) is 0 Å². The molecule has 2 heterocycles. The fourth-order valence-electron chi connectivity index (χ4n) is 1.43. The van der Waals surface area contributed by atoms with Gasteiger partial charge in [0.2, 0.25) is 0 Å². The molecule has 1 fully saturated rings. The van der Waals surface area contributed by atoms with Gasteiger partial charge in [0.1, 0.15) is 16.7 Å². The maximum absolute atomic E-state index is 9.57. The number of hydrogen-bond donors (Lipinski definition) is 1. The first-order valence-electron chi connectivity index (χ1n) is 4.15. The van der Waals surface area contributed by atoms with E-state index in [1.807, 2.05) is 6.92 Å². The normalized spacial score (nSPS) is 28.2. The molecule has 1 aromatic heterocycles. The van der Waals surface area contributed by atoms with E-state index >= 15 is 0 Å². The van der Waals surface area contributed by atoms with E-state index in [4.69, 9.17) is 4.74 Å². The Morgan fingerprint density at radius 3 is 2.92 bits per heavy atom. The molecule has 1 aromatic rings. The summed E-state index contributed by atoms with van der Waals surface area (Å²) in [5.41, 5.74) is 1.07. The fraction of sp³-hybridized carbons (Fsp3) is 0.625. The zero-order valence-electron chi connectivity index (χ0n) is 7.27. The number of aryl methyl sites for hydroxylation is 1. The molecular formula is C8H11BrN2O2. The Balaban J connectivity index is 2.29. The minimum absolute atomic E-state index is 0.0527. The van der Waals surface area contributed by atoms with Gasteiger partial charge in [-0.3, -0.25) is 4.68 Å². The van der Waals surface area contributed by atoms with Crippen LogP contribution < -0.4 is 0 Å². The van der Waals surface area contributed by atoms with Crippen LogP contribution in [0.4, 0.5) is 0 Å². The molecule has 1 aliphatic heterocycles. The number of aromatic nitrogens is 2. The lowest BCUT2D eigenvalue weighted by Gasteiger charge is -2.13. The summed E-state index contributed by atoms with van der Waals surface area (Å²) < 4.78 is 7.85. The van der Waals surface area contributed by atoms with Crippen molar-refractivity contribution in [3.8, 4) is 0 Å². The van der Waals surface area contributed by atoms with Gasteiger partial charge in [-0.15, -0.1) is 0 Å². The molecule has 1 N–H and O–H groups in total. The zero-order chi connectivity index (χ0) is 9.42. The molecular weight excluding hydrogens is 236 g/mol. The van der Waals surface area contributed by atoms with Gasteiger partial charge in [-0.25, -0.2) is 0 Å². The number of hydrogen-bond acceptors (Lipinski definition) is 3. The average Bonchev–Trinajstić information content (AvgIpc) is 2.62. The summed E-state index contributed by atoms with van der Waals surface area (Å²) in [5, 5.41) is 13.7. The topological polar surface area (TPSA) is 47.3 Å². The first-order chi connectivity index (χ1) is 6.20. The maximum atomic E-state index is 9.57. The highest BCUT2D eigenvalue weighted by Crippen LogP contribution is 2.25. The van der Waals surface area contributed by atoms with Crippen LogP contribution in [0.1, 0.15) is 11.6 Å². The van der Waals surface area contributed by atoms with Gasteiger partial charge in [0, 0.05) is 5.56 Å². The van der Waals surface area contributed by atoms with Gasteiger partial charge in [-0.2, -0.15) is 5.10 Å². The van der Waals surface area contributed by atoms with Crippen LogP contribution in [0, 0.1) is 6.92 Å². The first-order valence-corrected chi connectivity index (χ1v) is 4.95. The molecule has 0 radical (unpaired) electrons. The third kappa shape index (κ3) is 1.51. The summed E-state index contributed by atoms with van der Waals surface area (Å²) in [7, 11) is 0.